The third-order valence-electron chi connectivity index (χ3n) is 5.60. The van der Waals surface area contributed by atoms with Crippen LogP contribution in [0.4, 0.5) is 14.5 Å². The number of halogens is 2. The van der Waals surface area contributed by atoms with Crippen LogP contribution in [0.25, 0.3) is 0 Å². The van der Waals surface area contributed by atoms with Crippen LogP contribution in [0, 0.1) is 17.6 Å². The topological polar surface area (TPSA) is 50.1 Å². The van der Waals surface area contributed by atoms with E-state index in [9.17, 15) is 8.78 Å². The third-order valence-corrected chi connectivity index (χ3v) is 5.60. The van der Waals surface area contributed by atoms with Crippen LogP contribution in [0.15, 0.2) is 48.5 Å². The summed E-state index contributed by atoms with van der Waals surface area (Å²) in [4.78, 5) is 4.69. The number of hydrogen-bond acceptors (Lipinski definition) is 5. The monoisotopic (exact) mass is 412 g/mol. The van der Waals surface area contributed by atoms with Gasteiger partial charge in [-0.05, 0) is 58.3 Å². The van der Waals surface area contributed by atoms with E-state index in [4.69, 9.17) is 0 Å². The molecule has 6 nitrogen and oxygen atoms in total. The van der Waals surface area contributed by atoms with E-state index in [1.54, 1.807) is 12.1 Å². The standard InChI is InChI=1S/C22H26F2N6/c1-16(2)21(22-25-26-27-30(22)15-17-3-5-18(23)6-4-17)29-13-11-28(12-14-29)20-9-7-19(24)8-10-20/h3-10,16,21H,11-15H2,1-2H3/t21-/m0/s1. The zero-order chi connectivity index (χ0) is 21.1. The molecule has 0 spiro atoms. The highest BCUT2D eigenvalue weighted by atomic mass is 19.1. The summed E-state index contributed by atoms with van der Waals surface area (Å²) in [5, 5.41) is 12.5. The number of rotatable bonds is 6. The largest absolute Gasteiger partial charge is 0.369 e. The van der Waals surface area contributed by atoms with Gasteiger partial charge in [0, 0.05) is 31.9 Å². The Labute approximate surface area is 175 Å². The lowest BCUT2D eigenvalue weighted by atomic mass is 10.0. The molecule has 0 radical (unpaired) electrons. The van der Waals surface area contributed by atoms with Crippen molar-refractivity contribution in [3.05, 3.63) is 71.6 Å². The second-order valence-corrected chi connectivity index (χ2v) is 8.01. The van der Waals surface area contributed by atoms with Gasteiger partial charge in [0.2, 0.25) is 0 Å². The van der Waals surface area contributed by atoms with Crippen molar-refractivity contribution in [1.29, 1.82) is 0 Å². The number of nitrogens with zero attached hydrogens (tertiary/aromatic N) is 6. The molecule has 1 aliphatic rings. The van der Waals surface area contributed by atoms with Crippen molar-refractivity contribution in [3.63, 3.8) is 0 Å². The fourth-order valence-electron chi connectivity index (χ4n) is 4.09. The van der Waals surface area contributed by atoms with E-state index in [1.165, 1.54) is 24.3 Å². The Balaban J connectivity index is 1.48. The minimum Gasteiger partial charge on any atom is -0.369 e. The van der Waals surface area contributed by atoms with Gasteiger partial charge in [0.1, 0.15) is 11.6 Å². The third kappa shape index (κ3) is 4.48. The minimum absolute atomic E-state index is 0.0795. The molecular weight excluding hydrogens is 386 g/mol. The van der Waals surface area contributed by atoms with Gasteiger partial charge in [-0.15, -0.1) is 5.10 Å². The van der Waals surface area contributed by atoms with Crippen LogP contribution in [-0.4, -0.2) is 51.3 Å². The summed E-state index contributed by atoms with van der Waals surface area (Å²) in [6, 6.07) is 13.2. The summed E-state index contributed by atoms with van der Waals surface area (Å²) >= 11 is 0. The highest BCUT2D eigenvalue weighted by Gasteiger charge is 2.31. The van der Waals surface area contributed by atoms with E-state index in [1.807, 2.05) is 16.8 Å². The van der Waals surface area contributed by atoms with E-state index < -0.39 is 0 Å². The van der Waals surface area contributed by atoms with Crippen LogP contribution < -0.4 is 4.90 Å². The fourth-order valence-corrected chi connectivity index (χ4v) is 4.09. The molecule has 1 saturated heterocycles. The Hall–Kier alpha value is -2.87. The molecule has 4 rings (SSSR count). The van der Waals surface area contributed by atoms with Crippen molar-refractivity contribution in [1.82, 2.24) is 25.1 Å². The number of tetrazole rings is 1. The molecule has 1 fully saturated rings. The molecule has 2 aromatic carbocycles. The minimum atomic E-state index is -0.255. The second-order valence-electron chi connectivity index (χ2n) is 8.01. The Bertz CT molecular complexity index is 947. The molecule has 0 N–H and O–H groups in total. The maximum atomic E-state index is 13.2. The summed E-state index contributed by atoms with van der Waals surface area (Å²) in [7, 11) is 0. The maximum Gasteiger partial charge on any atom is 0.169 e. The molecule has 0 saturated carbocycles. The predicted octanol–water partition coefficient (Wildman–Crippen LogP) is 3.52. The SMILES string of the molecule is CC(C)[C@@H](c1nnnn1Cc1ccc(F)cc1)N1CCN(c2ccc(F)cc2)CC1. The van der Waals surface area contributed by atoms with E-state index in [0.717, 1.165) is 43.3 Å². The van der Waals surface area contributed by atoms with Gasteiger partial charge in [0.05, 0.1) is 12.6 Å². The van der Waals surface area contributed by atoms with Crippen molar-refractivity contribution in [2.75, 3.05) is 31.1 Å². The zero-order valence-corrected chi connectivity index (χ0v) is 17.2. The summed E-state index contributed by atoms with van der Waals surface area (Å²) in [5.74, 6) is 0.671. The quantitative estimate of drug-likeness (QED) is 0.620. The van der Waals surface area contributed by atoms with Crippen LogP contribution in [0.1, 0.15) is 31.3 Å². The molecule has 0 aliphatic carbocycles. The normalized spacial score (nSPS) is 16.2. The number of benzene rings is 2. The van der Waals surface area contributed by atoms with Gasteiger partial charge >= 0.3 is 0 Å². The molecule has 8 heteroatoms. The lowest BCUT2D eigenvalue weighted by molar-refractivity contribution is 0.135. The smallest absolute Gasteiger partial charge is 0.169 e. The van der Waals surface area contributed by atoms with E-state index in [2.05, 4.69) is 39.2 Å². The van der Waals surface area contributed by atoms with Crippen molar-refractivity contribution in [3.8, 4) is 0 Å². The second kappa shape index (κ2) is 8.87. The van der Waals surface area contributed by atoms with Crippen molar-refractivity contribution < 1.29 is 8.78 Å². The maximum absolute atomic E-state index is 13.2. The van der Waals surface area contributed by atoms with Crippen LogP contribution in [0.3, 0.4) is 0 Å². The molecule has 1 aliphatic heterocycles. The molecule has 1 atom stereocenters. The Kier molecular flexibility index (Phi) is 6.03. The van der Waals surface area contributed by atoms with Gasteiger partial charge in [0.25, 0.3) is 0 Å². The molecular formula is C22H26F2N6. The van der Waals surface area contributed by atoms with Crippen LogP contribution >= 0.6 is 0 Å². The van der Waals surface area contributed by atoms with Gasteiger partial charge in [-0.2, -0.15) is 0 Å². The van der Waals surface area contributed by atoms with E-state index >= 15 is 0 Å². The highest BCUT2D eigenvalue weighted by molar-refractivity contribution is 5.46. The van der Waals surface area contributed by atoms with Gasteiger partial charge in [0.15, 0.2) is 5.82 Å². The van der Waals surface area contributed by atoms with Gasteiger partial charge in [-0.3, -0.25) is 4.90 Å². The lowest BCUT2D eigenvalue weighted by Gasteiger charge is -2.41. The van der Waals surface area contributed by atoms with Gasteiger partial charge < -0.3 is 4.90 Å². The Morgan fingerprint density at radius 2 is 1.47 bits per heavy atom. The van der Waals surface area contributed by atoms with Crippen molar-refractivity contribution in [2.45, 2.75) is 26.4 Å². The summed E-state index contributed by atoms with van der Waals surface area (Å²) in [6.45, 7) is 8.29. The predicted molar refractivity (Wildman–Crippen MR) is 111 cm³/mol. The zero-order valence-electron chi connectivity index (χ0n) is 17.2. The van der Waals surface area contributed by atoms with Crippen LogP contribution in [0.2, 0.25) is 0 Å². The number of anilines is 1. The average Bonchev–Trinajstić information content (AvgIpc) is 3.18. The fraction of sp³-hybridized carbons (Fsp3) is 0.409. The Morgan fingerprint density at radius 3 is 2.07 bits per heavy atom. The van der Waals surface area contributed by atoms with Crippen LogP contribution in [-0.2, 0) is 6.54 Å². The molecule has 0 bridgehead atoms. The average molecular weight is 412 g/mol. The first-order valence-corrected chi connectivity index (χ1v) is 10.3. The summed E-state index contributed by atoms with van der Waals surface area (Å²) in [5.41, 5.74) is 1.99. The molecule has 0 unspecified atom stereocenters. The molecule has 2 heterocycles. The number of piperazine rings is 1. The molecule has 0 amide bonds. The molecule has 158 valence electrons. The summed E-state index contributed by atoms with van der Waals surface area (Å²) in [6.07, 6.45) is 0. The van der Waals surface area contributed by atoms with Crippen molar-refractivity contribution >= 4 is 5.69 Å². The summed E-state index contributed by atoms with van der Waals surface area (Å²) < 4.78 is 28.2. The molecule has 30 heavy (non-hydrogen) atoms. The van der Waals surface area contributed by atoms with Crippen LogP contribution in [0.5, 0.6) is 0 Å². The van der Waals surface area contributed by atoms with E-state index in [-0.39, 0.29) is 17.7 Å². The van der Waals surface area contributed by atoms with Gasteiger partial charge in [-0.1, -0.05) is 26.0 Å². The first-order chi connectivity index (χ1) is 14.5. The van der Waals surface area contributed by atoms with E-state index in [0.29, 0.717) is 12.5 Å². The number of aromatic nitrogens is 4. The van der Waals surface area contributed by atoms with Gasteiger partial charge in [-0.25, -0.2) is 13.5 Å². The lowest BCUT2D eigenvalue weighted by Crippen LogP contribution is -2.49. The first kappa shape index (κ1) is 20.4. The molecule has 3 aromatic rings. The van der Waals surface area contributed by atoms with Crippen molar-refractivity contribution in [2.24, 2.45) is 5.92 Å². The number of hydrogen-bond donors (Lipinski definition) is 0. The highest BCUT2D eigenvalue weighted by Crippen LogP contribution is 2.29. The molecule has 1 aromatic heterocycles. The first-order valence-electron chi connectivity index (χ1n) is 10.3. The Morgan fingerprint density at radius 1 is 0.867 bits per heavy atom.